The predicted octanol–water partition coefficient (Wildman–Crippen LogP) is 5.46. The minimum absolute atomic E-state index is 0.0102. The molecule has 2 fully saturated rings. The zero-order valence-corrected chi connectivity index (χ0v) is 23.1. The number of carboxylic acids is 1. The minimum Gasteiger partial charge on any atom is -0.478 e. The van der Waals surface area contributed by atoms with Crippen molar-refractivity contribution in [2.75, 3.05) is 41.3 Å². The second-order valence-electron chi connectivity index (χ2n) is 10.7. The van der Waals surface area contributed by atoms with Crippen LogP contribution in [0.25, 0.3) is 0 Å². The number of oxazole rings is 1. The van der Waals surface area contributed by atoms with Crippen LogP contribution in [0.15, 0.2) is 47.0 Å². The number of benzene rings is 1. The second-order valence-corrected chi connectivity index (χ2v) is 10.7. The summed E-state index contributed by atoms with van der Waals surface area (Å²) in [5.41, 5.74) is -0.113. The lowest BCUT2D eigenvalue weighted by Crippen LogP contribution is -2.37. The summed E-state index contributed by atoms with van der Waals surface area (Å²) < 4.78 is 52.5. The van der Waals surface area contributed by atoms with Crippen molar-refractivity contribution in [2.45, 2.75) is 51.5 Å². The number of carbonyl (C=O) groups excluding carboxylic acids is 1. The third kappa shape index (κ3) is 7.01. The van der Waals surface area contributed by atoms with Gasteiger partial charge in [-0.3, -0.25) is 4.79 Å². The molecule has 0 bridgehead atoms. The van der Waals surface area contributed by atoms with Crippen molar-refractivity contribution in [1.82, 2.24) is 9.97 Å². The Labute approximate surface area is 240 Å². The Bertz CT molecular complexity index is 1400. The van der Waals surface area contributed by atoms with Gasteiger partial charge < -0.3 is 29.4 Å². The van der Waals surface area contributed by atoms with Gasteiger partial charge in [0.05, 0.1) is 30.2 Å². The molecule has 10 nitrogen and oxygen atoms in total. The number of piperidine rings is 2. The highest BCUT2D eigenvalue weighted by molar-refractivity contribution is 6.03. The van der Waals surface area contributed by atoms with E-state index in [-0.39, 0.29) is 29.3 Å². The van der Waals surface area contributed by atoms with Gasteiger partial charge in [-0.25, -0.2) is 9.78 Å². The molecule has 0 aliphatic carbocycles. The van der Waals surface area contributed by atoms with Gasteiger partial charge in [0.25, 0.3) is 11.9 Å². The molecule has 1 amide bonds. The van der Waals surface area contributed by atoms with Gasteiger partial charge in [-0.2, -0.15) is 18.2 Å². The molecular weight excluding hydrogens is 555 g/mol. The van der Waals surface area contributed by atoms with E-state index in [1.165, 1.54) is 12.3 Å². The van der Waals surface area contributed by atoms with Gasteiger partial charge in [0.1, 0.15) is 5.82 Å². The quantitative estimate of drug-likeness (QED) is 0.354. The fraction of sp³-hybridized carbons (Fsp3) is 0.448. The summed E-state index contributed by atoms with van der Waals surface area (Å²) in [5, 5.41) is 11.6. The number of pyridine rings is 1. The lowest BCUT2D eigenvalue weighted by atomic mass is 10.0. The summed E-state index contributed by atoms with van der Waals surface area (Å²) in [6.07, 6.45) is -0.200. The first-order valence-electron chi connectivity index (χ1n) is 13.9. The highest BCUT2D eigenvalue weighted by Gasteiger charge is 2.42. The molecule has 2 aliphatic heterocycles. The summed E-state index contributed by atoms with van der Waals surface area (Å²) >= 11 is 0. The first-order valence-corrected chi connectivity index (χ1v) is 13.9. The smallest absolute Gasteiger partial charge is 0.437 e. The molecule has 0 radical (unpaired) electrons. The van der Waals surface area contributed by atoms with Crippen LogP contribution in [0.5, 0.6) is 0 Å². The third-order valence-electron chi connectivity index (χ3n) is 7.45. The normalized spacial score (nSPS) is 18.2. The first-order chi connectivity index (χ1) is 20.1. The highest BCUT2D eigenvalue weighted by Crippen LogP contribution is 2.35. The van der Waals surface area contributed by atoms with Gasteiger partial charge >= 0.3 is 12.1 Å². The van der Waals surface area contributed by atoms with E-state index >= 15 is 0 Å². The molecule has 2 aromatic heterocycles. The van der Waals surface area contributed by atoms with E-state index in [0.717, 1.165) is 31.2 Å². The first kappa shape index (κ1) is 29.4. The summed E-state index contributed by atoms with van der Waals surface area (Å²) in [4.78, 5) is 35.7. The lowest BCUT2D eigenvalue weighted by molar-refractivity contribution is -0.141. The van der Waals surface area contributed by atoms with Gasteiger partial charge in [-0.15, -0.1) is 0 Å². The van der Waals surface area contributed by atoms with Gasteiger partial charge in [0, 0.05) is 26.2 Å². The van der Waals surface area contributed by atoms with Crippen LogP contribution in [0.1, 0.15) is 64.8 Å². The van der Waals surface area contributed by atoms with Gasteiger partial charge in [-0.05, 0) is 61.4 Å². The summed E-state index contributed by atoms with van der Waals surface area (Å²) in [6, 6.07) is 9.72. The number of hydrogen-bond acceptors (Lipinski definition) is 8. The average Bonchev–Trinajstić information content (AvgIpc) is 3.44. The number of halogens is 3. The molecule has 2 N–H and O–H groups in total. The van der Waals surface area contributed by atoms with Crippen LogP contribution >= 0.6 is 0 Å². The highest BCUT2D eigenvalue weighted by atomic mass is 19.4. The van der Waals surface area contributed by atoms with Crippen LogP contribution in [-0.2, 0) is 17.5 Å². The van der Waals surface area contributed by atoms with Crippen molar-refractivity contribution in [3.63, 3.8) is 0 Å². The van der Waals surface area contributed by atoms with Gasteiger partial charge in [-0.1, -0.05) is 19.1 Å². The fourth-order valence-corrected chi connectivity index (χ4v) is 5.25. The van der Waals surface area contributed by atoms with Crippen molar-refractivity contribution in [2.24, 2.45) is 5.92 Å². The Morgan fingerprint density at radius 2 is 1.90 bits per heavy atom. The number of hydrogen-bond donors (Lipinski definition) is 2. The van der Waals surface area contributed by atoms with E-state index in [9.17, 15) is 22.8 Å². The average molecular weight is 588 g/mol. The Morgan fingerprint density at radius 1 is 1.12 bits per heavy atom. The molecule has 2 saturated heterocycles. The van der Waals surface area contributed by atoms with Crippen molar-refractivity contribution in [1.29, 1.82) is 0 Å². The van der Waals surface area contributed by atoms with E-state index in [2.05, 4.69) is 20.2 Å². The number of carboxylic acid groups (broad SMARTS) is 1. The van der Waals surface area contributed by atoms with Crippen LogP contribution in [0.3, 0.4) is 0 Å². The van der Waals surface area contributed by atoms with E-state index in [1.54, 1.807) is 29.2 Å². The number of nitrogens with zero attached hydrogens (tertiary/aromatic N) is 4. The van der Waals surface area contributed by atoms with Crippen LogP contribution < -0.4 is 15.1 Å². The lowest BCUT2D eigenvalue weighted by Gasteiger charge is -2.32. The molecule has 224 valence electrons. The molecule has 2 aliphatic rings. The van der Waals surface area contributed by atoms with Gasteiger partial charge in [0.2, 0.25) is 5.76 Å². The number of aromatic carboxylic acids is 1. The third-order valence-corrected chi connectivity index (χ3v) is 7.45. The van der Waals surface area contributed by atoms with Crippen molar-refractivity contribution in [3.8, 4) is 0 Å². The molecule has 1 aromatic carbocycles. The standard InChI is InChI=1S/C29H32F3N5O5/c1-18-4-3-11-37(16-18)28-35-25(29(30,31)32)24(42-28)26(38)34-21-7-8-23(33-15-21)36-12-9-22(10-13-36)41-17-19-5-2-6-20(14-19)27(39)40/h2,5-8,14-15,18,22H,3-4,9-13,16-17H2,1H3,(H,34,38)(H,39,40). The molecule has 3 aromatic rings. The molecule has 4 heterocycles. The van der Waals surface area contributed by atoms with Crippen molar-refractivity contribution < 1.29 is 37.0 Å². The maximum atomic E-state index is 13.7. The number of amides is 1. The van der Waals surface area contributed by atoms with E-state index < -0.39 is 29.5 Å². The molecule has 1 atom stereocenters. The summed E-state index contributed by atoms with van der Waals surface area (Å²) in [5.74, 6) is -1.96. The monoisotopic (exact) mass is 587 g/mol. The molecule has 42 heavy (non-hydrogen) atoms. The minimum atomic E-state index is -4.85. The van der Waals surface area contributed by atoms with Crippen LogP contribution in [0.4, 0.5) is 30.7 Å². The van der Waals surface area contributed by atoms with Gasteiger partial charge in [0.15, 0.2) is 5.69 Å². The van der Waals surface area contributed by atoms with E-state index in [0.29, 0.717) is 38.6 Å². The largest absolute Gasteiger partial charge is 0.478 e. The van der Waals surface area contributed by atoms with E-state index in [1.807, 2.05) is 13.0 Å². The molecule has 5 rings (SSSR count). The molecule has 1 unspecified atom stereocenters. The van der Waals surface area contributed by atoms with Crippen LogP contribution in [0.2, 0.25) is 0 Å². The molecule has 0 spiro atoms. The topological polar surface area (TPSA) is 121 Å². The predicted molar refractivity (Wildman–Crippen MR) is 148 cm³/mol. The van der Waals surface area contributed by atoms with Crippen molar-refractivity contribution >= 4 is 29.4 Å². The molecular formula is C29H32F3N5O5. The maximum absolute atomic E-state index is 13.7. The van der Waals surface area contributed by atoms with Crippen LogP contribution in [-0.4, -0.2) is 59.2 Å². The van der Waals surface area contributed by atoms with Crippen molar-refractivity contribution in [3.05, 3.63) is 65.2 Å². The Balaban J connectivity index is 1.16. The second kappa shape index (κ2) is 12.4. The number of rotatable bonds is 8. The Kier molecular flexibility index (Phi) is 8.66. The van der Waals surface area contributed by atoms with Crippen LogP contribution in [0, 0.1) is 5.92 Å². The fourth-order valence-electron chi connectivity index (χ4n) is 5.25. The SMILES string of the molecule is CC1CCCN(c2nc(C(F)(F)F)c(C(=O)Nc3ccc(N4CCC(OCc5cccc(C(=O)O)c5)CC4)nc3)o2)C1. The summed E-state index contributed by atoms with van der Waals surface area (Å²) in [6.45, 7) is 4.68. The molecule has 0 saturated carbocycles. The molecule has 13 heteroatoms. The number of anilines is 3. The number of carbonyl (C=O) groups is 2. The zero-order chi connectivity index (χ0) is 29.9. The number of alkyl halides is 3. The zero-order valence-electron chi connectivity index (χ0n) is 23.1. The number of nitrogens with one attached hydrogen (secondary N) is 1. The number of aromatic nitrogens is 2. The summed E-state index contributed by atoms with van der Waals surface area (Å²) in [7, 11) is 0. The number of ether oxygens (including phenoxy) is 1. The maximum Gasteiger partial charge on any atom is 0.437 e. The Hall–Kier alpha value is -4.13. The van der Waals surface area contributed by atoms with E-state index in [4.69, 9.17) is 14.3 Å². The Morgan fingerprint density at radius 3 is 2.57 bits per heavy atom.